The molecule has 0 spiro atoms. The number of benzene rings is 1. The molecule has 1 saturated heterocycles. The Morgan fingerprint density at radius 3 is 2.64 bits per heavy atom. The summed E-state index contributed by atoms with van der Waals surface area (Å²) in [6.45, 7) is 4.72. The van der Waals surface area contributed by atoms with Crippen molar-refractivity contribution in [2.45, 2.75) is 32.7 Å². The van der Waals surface area contributed by atoms with Gasteiger partial charge in [0.2, 0.25) is 0 Å². The van der Waals surface area contributed by atoms with Gasteiger partial charge in [-0.05, 0) is 26.0 Å². The highest BCUT2D eigenvalue weighted by Gasteiger charge is 2.28. The van der Waals surface area contributed by atoms with Crippen LogP contribution in [0.1, 0.15) is 30.1 Å². The van der Waals surface area contributed by atoms with Gasteiger partial charge in [-0.2, -0.15) is 0 Å². The number of rotatable bonds is 4. The second-order valence-electron chi connectivity index (χ2n) is 6.01. The largest absolute Gasteiger partial charge is 0.485 e. The minimum Gasteiger partial charge on any atom is -0.485 e. The molecule has 2 heterocycles. The van der Waals surface area contributed by atoms with Crippen LogP contribution in [-0.4, -0.2) is 41.3 Å². The standard InChI is InChI=1S/C17H18F2N2O4/c1-10-7-21(8-11(2)24-10)17(22)16-6-13(25-20-16)9-23-12-3-4-14(18)15(19)5-12/h3-6,10-11H,7-9H2,1-2H3/t10-,11+. The summed E-state index contributed by atoms with van der Waals surface area (Å²) in [7, 11) is 0. The molecule has 134 valence electrons. The summed E-state index contributed by atoms with van der Waals surface area (Å²) >= 11 is 0. The fourth-order valence-corrected chi connectivity index (χ4v) is 2.71. The predicted octanol–water partition coefficient (Wildman–Crippen LogP) is 2.78. The third-order valence-electron chi connectivity index (χ3n) is 3.76. The molecular formula is C17H18F2N2O4. The number of aromatic nitrogens is 1. The minimum absolute atomic E-state index is 0.0456. The van der Waals surface area contributed by atoms with Gasteiger partial charge in [-0.25, -0.2) is 8.78 Å². The fraction of sp³-hybridized carbons (Fsp3) is 0.412. The molecule has 0 saturated carbocycles. The van der Waals surface area contributed by atoms with Crippen LogP contribution in [0, 0.1) is 11.6 Å². The van der Waals surface area contributed by atoms with Crippen molar-refractivity contribution in [3.05, 3.63) is 47.4 Å². The molecule has 2 aromatic rings. The van der Waals surface area contributed by atoms with E-state index in [2.05, 4.69) is 5.16 Å². The van der Waals surface area contributed by atoms with E-state index in [0.29, 0.717) is 18.8 Å². The zero-order chi connectivity index (χ0) is 18.0. The molecule has 0 N–H and O–H groups in total. The van der Waals surface area contributed by atoms with Crippen LogP contribution in [0.15, 0.2) is 28.8 Å². The van der Waals surface area contributed by atoms with Crippen molar-refractivity contribution in [3.63, 3.8) is 0 Å². The van der Waals surface area contributed by atoms with Crippen LogP contribution < -0.4 is 4.74 Å². The number of morpholine rings is 1. The molecule has 1 fully saturated rings. The van der Waals surface area contributed by atoms with E-state index in [4.69, 9.17) is 14.0 Å². The first kappa shape index (κ1) is 17.3. The SMILES string of the molecule is C[C@@H]1CN(C(=O)c2cc(COc3ccc(F)c(F)c3)on2)C[C@H](C)O1. The van der Waals surface area contributed by atoms with E-state index in [-0.39, 0.29) is 36.2 Å². The fourth-order valence-electron chi connectivity index (χ4n) is 2.71. The lowest BCUT2D eigenvalue weighted by atomic mass is 10.2. The van der Waals surface area contributed by atoms with Crippen LogP contribution in [0.5, 0.6) is 5.75 Å². The van der Waals surface area contributed by atoms with Gasteiger partial charge in [0.15, 0.2) is 23.1 Å². The molecule has 8 heteroatoms. The molecule has 1 aliphatic heterocycles. The highest BCUT2D eigenvalue weighted by molar-refractivity contribution is 5.92. The van der Waals surface area contributed by atoms with Crippen molar-refractivity contribution in [2.24, 2.45) is 0 Å². The normalized spacial score (nSPS) is 20.6. The average Bonchev–Trinajstić information content (AvgIpc) is 3.03. The highest BCUT2D eigenvalue weighted by Crippen LogP contribution is 2.18. The number of hydrogen-bond acceptors (Lipinski definition) is 5. The van der Waals surface area contributed by atoms with Gasteiger partial charge < -0.3 is 18.9 Å². The molecule has 0 unspecified atom stereocenters. The number of carbonyl (C=O) groups is 1. The molecule has 2 atom stereocenters. The van der Waals surface area contributed by atoms with Crippen molar-refractivity contribution in [1.29, 1.82) is 0 Å². The molecule has 1 amide bonds. The summed E-state index contributed by atoms with van der Waals surface area (Å²) < 4.78 is 42.0. The van der Waals surface area contributed by atoms with Crippen molar-refractivity contribution in [2.75, 3.05) is 13.1 Å². The van der Waals surface area contributed by atoms with Crippen LogP contribution in [0.2, 0.25) is 0 Å². The van der Waals surface area contributed by atoms with Gasteiger partial charge in [-0.3, -0.25) is 4.79 Å². The molecule has 1 aliphatic rings. The molecule has 3 rings (SSSR count). The first-order chi connectivity index (χ1) is 11.9. The summed E-state index contributed by atoms with van der Waals surface area (Å²) in [5.74, 6) is -1.73. The number of nitrogens with zero attached hydrogens (tertiary/aromatic N) is 2. The van der Waals surface area contributed by atoms with Gasteiger partial charge in [-0.1, -0.05) is 5.16 Å². The zero-order valence-corrected chi connectivity index (χ0v) is 13.9. The summed E-state index contributed by atoms with van der Waals surface area (Å²) in [5, 5.41) is 3.76. The van der Waals surface area contributed by atoms with Crippen LogP contribution >= 0.6 is 0 Å². The van der Waals surface area contributed by atoms with Gasteiger partial charge in [0, 0.05) is 25.2 Å². The summed E-state index contributed by atoms with van der Waals surface area (Å²) in [6, 6.07) is 4.69. The Hall–Kier alpha value is -2.48. The average molecular weight is 352 g/mol. The maximum atomic E-state index is 13.1. The van der Waals surface area contributed by atoms with Gasteiger partial charge in [0.05, 0.1) is 12.2 Å². The second kappa shape index (κ2) is 7.18. The van der Waals surface area contributed by atoms with E-state index >= 15 is 0 Å². The zero-order valence-electron chi connectivity index (χ0n) is 13.9. The first-order valence-electron chi connectivity index (χ1n) is 7.90. The molecule has 6 nitrogen and oxygen atoms in total. The Morgan fingerprint density at radius 2 is 1.96 bits per heavy atom. The van der Waals surface area contributed by atoms with Crippen LogP contribution in [0.25, 0.3) is 0 Å². The Balaban J connectivity index is 1.61. The van der Waals surface area contributed by atoms with Crippen LogP contribution in [-0.2, 0) is 11.3 Å². The van der Waals surface area contributed by atoms with E-state index in [9.17, 15) is 13.6 Å². The summed E-state index contributed by atoms with van der Waals surface area (Å²) in [6.07, 6.45) is -0.0912. The van der Waals surface area contributed by atoms with E-state index in [1.165, 1.54) is 12.1 Å². The smallest absolute Gasteiger partial charge is 0.276 e. The van der Waals surface area contributed by atoms with Gasteiger partial charge in [0.25, 0.3) is 5.91 Å². The Morgan fingerprint density at radius 1 is 1.24 bits per heavy atom. The molecule has 0 bridgehead atoms. The summed E-state index contributed by atoms with van der Waals surface area (Å²) in [4.78, 5) is 14.1. The van der Waals surface area contributed by atoms with Crippen molar-refractivity contribution in [1.82, 2.24) is 10.1 Å². The quantitative estimate of drug-likeness (QED) is 0.847. The predicted molar refractivity (Wildman–Crippen MR) is 83.1 cm³/mol. The lowest BCUT2D eigenvalue weighted by Crippen LogP contribution is -2.48. The molecule has 25 heavy (non-hydrogen) atoms. The van der Waals surface area contributed by atoms with Crippen LogP contribution in [0.4, 0.5) is 8.78 Å². The third-order valence-corrected chi connectivity index (χ3v) is 3.76. The van der Waals surface area contributed by atoms with E-state index < -0.39 is 11.6 Å². The van der Waals surface area contributed by atoms with Crippen molar-refractivity contribution in [3.8, 4) is 5.75 Å². The van der Waals surface area contributed by atoms with Gasteiger partial charge >= 0.3 is 0 Å². The second-order valence-corrected chi connectivity index (χ2v) is 6.01. The molecule has 0 radical (unpaired) electrons. The topological polar surface area (TPSA) is 64.8 Å². The van der Waals surface area contributed by atoms with E-state index in [1.54, 1.807) is 4.90 Å². The van der Waals surface area contributed by atoms with Crippen molar-refractivity contribution < 1.29 is 27.6 Å². The Kier molecular flexibility index (Phi) is 4.98. The number of hydrogen-bond donors (Lipinski definition) is 0. The monoisotopic (exact) mass is 352 g/mol. The molecule has 1 aromatic carbocycles. The van der Waals surface area contributed by atoms with Gasteiger partial charge in [-0.15, -0.1) is 0 Å². The lowest BCUT2D eigenvalue weighted by Gasteiger charge is -2.34. The maximum Gasteiger partial charge on any atom is 0.276 e. The number of carbonyl (C=O) groups excluding carboxylic acids is 1. The molecule has 1 aromatic heterocycles. The number of halogens is 2. The maximum absolute atomic E-state index is 13.1. The third kappa shape index (κ3) is 4.14. The van der Waals surface area contributed by atoms with E-state index in [0.717, 1.165) is 12.1 Å². The van der Waals surface area contributed by atoms with Crippen molar-refractivity contribution >= 4 is 5.91 Å². The molecule has 0 aliphatic carbocycles. The number of ether oxygens (including phenoxy) is 2. The lowest BCUT2D eigenvalue weighted by molar-refractivity contribution is -0.0588. The Bertz CT molecular complexity index is 755. The summed E-state index contributed by atoms with van der Waals surface area (Å²) in [5.41, 5.74) is 0.171. The Labute approximate surface area is 143 Å². The first-order valence-corrected chi connectivity index (χ1v) is 7.90. The van der Waals surface area contributed by atoms with E-state index in [1.807, 2.05) is 13.8 Å². The highest BCUT2D eigenvalue weighted by atomic mass is 19.2. The van der Waals surface area contributed by atoms with Gasteiger partial charge in [0.1, 0.15) is 12.4 Å². The van der Waals surface area contributed by atoms with Crippen LogP contribution in [0.3, 0.4) is 0 Å². The number of amides is 1. The molecular weight excluding hydrogens is 334 g/mol. The minimum atomic E-state index is -0.999.